The Morgan fingerprint density at radius 3 is 2.31 bits per heavy atom. The zero-order valence-electron chi connectivity index (χ0n) is 17.1. The number of hydrogen-bond acceptors (Lipinski definition) is 5. The second kappa shape index (κ2) is 9.32. The first-order valence-electron chi connectivity index (χ1n) is 10.2. The van der Waals surface area contributed by atoms with Gasteiger partial charge in [0.1, 0.15) is 12.4 Å². The Hall–Kier alpha value is -2.87. The average Bonchev–Trinajstić information content (AvgIpc) is 3.19. The van der Waals surface area contributed by atoms with Gasteiger partial charge in [-0.25, -0.2) is 8.42 Å². The molecule has 1 fully saturated rings. The Morgan fingerprint density at radius 2 is 1.66 bits per heavy atom. The molecule has 1 heterocycles. The van der Waals surface area contributed by atoms with Crippen molar-refractivity contribution < 1.29 is 23.1 Å². The van der Waals surface area contributed by atoms with E-state index in [9.17, 15) is 13.2 Å². The summed E-state index contributed by atoms with van der Waals surface area (Å²) in [6.07, 6.45) is 1.05. The highest BCUT2D eigenvalue weighted by Gasteiger charge is 2.33. The third kappa shape index (κ3) is 4.50. The maximum Gasteiger partial charge on any atom is 0.227 e. The lowest BCUT2D eigenvalue weighted by molar-refractivity contribution is -0.117. The molecule has 1 aliphatic heterocycles. The van der Waals surface area contributed by atoms with E-state index in [0.717, 1.165) is 5.56 Å². The van der Waals surface area contributed by atoms with Crippen LogP contribution in [0.1, 0.15) is 24.4 Å². The van der Waals surface area contributed by atoms with Crippen LogP contribution in [0.5, 0.6) is 5.75 Å². The van der Waals surface area contributed by atoms with Crippen molar-refractivity contribution >= 4 is 33.0 Å². The minimum atomic E-state index is -3.69. The molecule has 0 bridgehead atoms. The summed E-state index contributed by atoms with van der Waals surface area (Å²) in [5.41, 5.74) is 1.55. The van der Waals surface area contributed by atoms with Crippen LogP contribution in [0, 0.1) is 0 Å². The monoisotopic (exact) mass is 471 g/mol. The van der Waals surface area contributed by atoms with Gasteiger partial charge < -0.3 is 14.7 Å². The molecule has 8 heteroatoms. The lowest BCUT2D eigenvalue weighted by atomic mass is 10.0. The minimum absolute atomic E-state index is 0.0232. The maximum absolute atomic E-state index is 12.9. The van der Waals surface area contributed by atoms with Crippen LogP contribution in [0.4, 0.5) is 5.69 Å². The number of carbonyl (C=O) groups is 1. The fraction of sp³-hybridized carbons (Fsp3) is 0.208. The maximum atomic E-state index is 12.9. The lowest BCUT2D eigenvalue weighted by Gasteiger charge is -2.26. The fourth-order valence-corrected chi connectivity index (χ4v) is 5.22. The van der Waals surface area contributed by atoms with Gasteiger partial charge in [-0.15, -0.1) is 0 Å². The predicted octanol–water partition coefficient (Wildman–Crippen LogP) is 4.41. The second-order valence-corrected chi connectivity index (χ2v) is 9.80. The highest BCUT2D eigenvalue weighted by Crippen LogP contribution is 2.38. The Bertz CT molecular complexity index is 1210. The molecule has 0 aromatic heterocycles. The van der Waals surface area contributed by atoms with E-state index in [0.29, 0.717) is 29.3 Å². The van der Waals surface area contributed by atoms with Gasteiger partial charge in [0.25, 0.3) is 0 Å². The first kappa shape index (κ1) is 22.3. The number of hydrogen-bond donors (Lipinski definition) is 1. The Kier molecular flexibility index (Phi) is 6.50. The summed E-state index contributed by atoms with van der Waals surface area (Å²) in [5, 5.41) is 9.43. The summed E-state index contributed by atoms with van der Waals surface area (Å²) in [6, 6.07) is 19.6. The molecule has 3 aromatic rings. The molecule has 32 heavy (non-hydrogen) atoms. The Labute approximate surface area is 191 Å². The number of anilines is 1. The molecular weight excluding hydrogens is 450 g/mol. The molecule has 0 unspecified atom stereocenters. The van der Waals surface area contributed by atoms with Crippen LogP contribution in [0.2, 0.25) is 5.02 Å². The van der Waals surface area contributed by atoms with Crippen LogP contribution < -0.4 is 9.64 Å². The summed E-state index contributed by atoms with van der Waals surface area (Å²) >= 11 is 5.86. The van der Waals surface area contributed by atoms with E-state index >= 15 is 0 Å². The summed E-state index contributed by atoms with van der Waals surface area (Å²) in [6.45, 7) is 0.115. The van der Waals surface area contributed by atoms with Crippen LogP contribution in [0.3, 0.4) is 0 Å². The molecule has 6 nitrogen and oxygen atoms in total. The molecule has 1 amide bonds. The SMILES string of the molecule is O=C1CC[C@H](c2cccc(OCCO)c2)N1c1ccc(S(=O)(=O)c2ccc(Cl)cc2)cc1. The largest absolute Gasteiger partial charge is 0.491 e. The van der Waals surface area contributed by atoms with Crippen molar-refractivity contribution in [3.05, 3.63) is 83.4 Å². The minimum Gasteiger partial charge on any atom is -0.491 e. The fourth-order valence-electron chi connectivity index (χ4n) is 3.83. The summed E-state index contributed by atoms with van der Waals surface area (Å²) in [7, 11) is -3.69. The quantitative estimate of drug-likeness (QED) is 0.551. The zero-order valence-corrected chi connectivity index (χ0v) is 18.7. The van der Waals surface area contributed by atoms with Gasteiger partial charge in [-0.1, -0.05) is 23.7 Å². The summed E-state index contributed by atoms with van der Waals surface area (Å²) in [4.78, 5) is 14.7. The van der Waals surface area contributed by atoms with Crippen molar-refractivity contribution in [2.45, 2.75) is 28.7 Å². The molecule has 3 aromatic carbocycles. The molecule has 0 saturated carbocycles. The first-order valence-corrected chi connectivity index (χ1v) is 12.0. The van der Waals surface area contributed by atoms with Gasteiger partial charge in [-0.3, -0.25) is 4.79 Å². The molecule has 1 aliphatic rings. The average molecular weight is 472 g/mol. The van der Waals surface area contributed by atoms with Gasteiger partial charge in [0.15, 0.2) is 0 Å². The van der Waals surface area contributed by atoms with Crippen LogP contribution in [0.25, 0.3) is 0 Å². The van der Waals surface area contributed by atoms with E-state index in [1.807, 2.05) is 18.2 Å². The van der Waals surface area contributed by atoms with Crippen molar-refractivity contribution in [2.24, 2.45) is 0 Å². The molecule has 166 valence electrons. The lowest BCUT2D eigenvalue weighted by Crippen LogP contribution is -2.27. The standard InChI is InChI=1S/C24H22ClNO5S/c25-18-4-8-21(9-5-18)32(29,30)22-10-6-19(7-11-22)26-23(12-13-24(26)28)17-2-1-3-20(16-17)31-15-14-27/h1-11,16,23,27H,12-15H2/t23-/m1/s1. The van der Waals surface area contributed by atoms with Gasteiger partial charge in [0.2, 0.25) is 15.7 Å². The number of aliphatic hydroxyl groups excluding tert-OH is 1. The van der Waals surface area contributed by atoms with Crippen molar-refractivity contribution in [3.8, 4) is 5.75 Å². The first-order chi connectivity index (χ1) is 15.4. The number of halogens is 1. The van der Waals surface area contributed by atoms with Gasteiger partial charge in [0.05, 0.1) is 22.4 Å². The zero-order chi connectivity index (χ0) is 22.7. The van der Waals surface area contributed by atoms with Gasteiger partial charge in [-0.05, 0) is 72.6 Å². The number of benzene rings is 3. The highest BCUT2D eigenvalue weighted by molar-refractivity contribution is 7.91. The molecule has 1 atom stereocenters. The molecule has 4 rings (SSSR count). The van der Waals surface area contributed by atoms with E-state index in [-0.39, 0.29) is 35.0 Å². The molecule has 1 N–H and O–H groups in total. The van der Waals surface area contributed by atoms with Gasteiger partial charge in [0, 0.05) is 17.1 Å². The number of aliphatic hydroxyl groups is 1. The number of ether oxygens (including phenoxy) is 1. The number of sulfone groups is 1. The topological polar surface area (TPSA) is 83.9 Å². The van der Waals surface area contributed by atoms with Crippen molar-refractivity contribution in [1.82, 2.24) is 0 Å². The highest BCUT2D eigenvalue weighted by atomic mass is 35.5. The third-order valence-electron chi connectivity index (χ3n) is 5.36. The van der Waals surface area contributed by atoms with Crippen molar-refractivity contribution in [2.75, 3.05) is 18.1 Å². The van der Waals surface area contributed by atoms with Crippen LogP contribution >= 0.6 is 11.6 Å². The van der Waals surface area contributed by atoms with Crippen molar-refractivity contribution in [3.63, 3.8) is 0 Å². The van der Waals surface area contributed by atoms with Crippen molar-refractivity contribution in [1.29, 1.82) is 0 Å². The molecule has 1 saturated heterocycles. The number of amides is 1. The van der Waals surface area contributed by atoms with E-state index in [1.165, 1.54) is 36.4 Å². The molecule has 0 radical (unpaired) electrons. The van der Waals surface area contributed by atoms with Crippen LogP contribution in [-0.2, 0) is 14.6 Å². The number of rotatable bonds is 7. The van der Waals surface area contributed by atoms with Crippen LogP contribution in [-0.4, -0.2) is 32.6 Å². The Balaban J connectivity index is 1.61. The smallest absolute Gasteiger partial charge is 0.227 e. The Morgan fingerprint density at radius 1 is 1.00 bits per heavy atom. The second-order valence-electron chi connectivity index (χ2n) is 7.41. The van der Waals surface area contributed by atoms with Crippen LogP contribution in [0.15, 0.2) is 82.6 Å². The molecule has 0 spiro atoms. The number of nitrogens with zero attached hydrogens (tertiary/aromatic N) is 1. The van der Waals surface area contributed by atoms with E-state index in [2.05, 4.69) is 0 Å². The number of carbonyl (C=O) groups excluding carboxylic acids is 1. The summed E-state index contributed by atoms with van der Waals surface area (Å²) < 4.78 is 31.3. The van der Waals surface area contributed by atoms with E-state index < -0.39 is 9.84 Å². The van der Waals surface area contributed by atoms with E-state index in [4.69, 9.17) is 21.4 Å². The molecular formula is C24H22ClNO5S. The van der Waals surface area contributed by atoms with Gasteiger partial charge in [-0.2, -0.15) is 0 Å². The predicted molar refractivity (Wildman–Crippen MR) is 122 cm³/mol. The summed E-state index contributed by atoms with van der Waals surface area (Å²) in [5.74, 6) is 0.602. The normalized spacial score (nSPS) is 16.4. The third-order valence-corrected chi connectivity index (χ3v) is 7.40. The van der Waals surface area contributed by atoms with Gasteiger partial charge >= 0.3 is 0 Å². The molecule has 0 aliphatic carbocycles. The van der Waals surface area contributed by atoms with E-state index in [1.54, 1.807) is 23.1 Å².